The standard InChI is InChI=1S/C15H20ClNO3/c1-3-6-15(2,14(18)19)17-9-12-8-10-7-11(16)4-5-13(10)20-12/h4-5,7,12,17H,3,6,8-9H2,1-2H3,(H,18,19). The van der Waals surface area contributed by atoms with Crippen molar-refractivity contribution in [3.05, 3.63) is 28.8 Å². The average molecular weight is 298 g/mol. The van der Waals surface area contributed by atoms with Crippen molar-refractivity contribution >= 4 is 17.6 Å². The average Bonchev–Trinajstić information content (AvgIpc) is 2.78. The maximum absolute atomic E-state index is 11.4. The molecule has 1 heterocycles. The van der Waals surface area contributed by atoms with Gasteiger partial charge in [0, 0.05) is 18.0 Å². The minimum atomic E-state index is -0.898. The highest BCUT2D eigenvalue weighted by Gasteiger charge is 2.33. The quantitative estimate of drug-likeness (QED) is 0.848. The molecular formula is C15H20ClNO3. The third-order valence-corrected chi connectivity index (χ3v) is 3.94. The van der Waals surface area contributed by atoms with Gasteiger partial charge in [0.25, 0.3) is 0 Å². The molecule has 0 bridgehead atoms. The van der Waals surface area contributed by atoms with Crippen LogP contribution in [-0.4, -0.2) is 29.3 Å². The van der Waals surface area contributed by atoms with Crippen LogP contribution in [0.1, 0.15) is 32.3 Å². The van der Waals surface area contributed by atoms with E-state index in [0.717, 1.165) is 24.2 Å². The molecule has 0 aliphatic carbocycles. The number of benzene rings is 1. The van der Waals surface area contributed by atoms with Crippen molar-refractivity contribution in [2.75, 3.05) is 6.54 Å². The molecule has 1 aromatic rings. The van der Waals surface area contributed by atoms with Crippen LogP contribution in [0.5, 0.6) is 5.75 Å². The molecule has 20 heavy (non-hydrogen) atoms. The fraction of sp³-hybridized carbons (Fsp3) is 0.533. The second-order valence-electron chi connectivity index (χ2n) is 5.46. The van der Waals surface area contributed by atoms with Crippen LogP contribution >= 0.6 is 11.6 Å². The molecule has 0 aromatic heterocycles. The summed E-state index contributed by atoms with van der Waals surface area (Å²) in [4.78, 5) is 11.4. The Kier molecular flexibility index (Phi) is 4.55. The molecule has 4 nitrogen and oxygen atoms in total. The van der Waals surface area contributed by atoms with Crippen molar-refractivity contribution in [2.24, 2.45) is 0 Å². The van der Waals surface area contributed by atoms with E-state index < -0.39 is 11.5 Å². The zero-order valence-corrected chi connectivity index (χ0v) is 12.5. The Morgan fingerprint density at radius 2 is 2.35 bits per heavy atom. The second-order valence-corrected chi connectivity index (χ2v) is 5.90. The van der Waals surface area contributed by atoms with Crippen molar-refractivity contribution in [3.8, 4) is 5.75 Å². The highest BCUT2D eigenvalue weighted by Crippen LogP contribution is 2.31. The molecule has 0 spiro atoms. The van der Waals surface area contributed by atoms with E-state index in [0.29, 0.717) is 18.0 Å². The summed E-state index contributed by atoms with van der Waals surface area (Å²) in [7, 11) is 0. The van der Waals surface area contributed by atoms with Gasteiger partial charge in [-0.15, -0.1) is 0 Å². The Hall–Kier alpha value is -1.26. The van der Waals surface area contributed by atoms with Crippen LogP contribution < -0.4 is 10.1 Å². The molecule has 1 aliphatic heterocycles. The molecule has 0 amide bonds. The minimum absolute atomic E-state index is 0.0426. The van der Waals surface area contributed by atoms with Gasteiger partial charge in [0.05, 0.1) is 0 Å². The van der Waals surface area contributed by atoms with Gasteiger partial charge < -0.3 is 9.84 Å². The van der Waals surface area contributed by atoms with Gasteiger partial charge in [-0.3, -0.25) is 10.1 Å². The second kappa shape index (κ2) is 6.02. The number of carboxylic acid groups (broad SMARTS) is 1. The topological polar surface area (TPSA) is 58.6 Å². The van der Waals surface area contributed by atoms with Crippen molar-refractivity contribution in [2.45, 2.75) is 44.8 Å². The van der Waals surface area contributed by atoms with E-state index in [1.807, 2.05) is 19.1 Å². The number of nitrogens with one attached hydrogen (secondary N) is 1. The van der Waals surface area contributed by atoms with Gasteiger partial charge in [-0.1, -0.05) is 24.9 Å². The van der Waals surface area contributed by atoms with E-state index in [-0.39, 0.29) is 6.10 Å². The molecule has 1 aromatic carbocycles. The summed E-state index contributed by atoms with van der Waals surface area (Å²) < 4.78 is 5.80. The first-order valence-electron chi connectivity index (χ1n) is 6.88. The third kappa shape index (κ3) is 3.25. The molecule has 0 saturated heterocycles. The van der Waals surface area contributed by atoms with Crippen LogP contribution in [0.15, 0.2) is 18.2 Å². The van der Waals surface area contributed by atoms with E-state index >= 15 is 0 Å². The molecular weight excluding hydrogens is 278 g/mol. The zero-order valence-electron chi connectivity index (χ0n) is 11.8. The van der Waals surface area contributed by atoms with E-state index in [1.54, 1.807) is 13.0 Å². The lowest BCUT2D eigenvalue weighted by Crippen LogP contribution is -2.52. The number of rotatable bonds is 6. The number of hydrogen-bond acceptors (Lipinski definition) is 3. The Morgan fingerprint density at radius 3 is 3.00 bits per heavy atom. The number of carbonyl (C=O) groups is 1. The van der Waals surface area contributed by atoms with Crippen LogP contribution in [0.2, 0.25) is 5.02 Å². The van der Waals surface area contributed by atoms with Crippen molar-refractivity contribution in [1.29, 1.82) is 0 Å². The molecule has 2 N–H and O–H groups in total. The Morgan fingerprint density at radius 1 is 1.60 bits per heavy atom. The number of halogens is 1. The molecule has 5 heteroatoms. The lowest BCUT2D eigenvalue weighted by atomic mass is 9.96. The van der Waals surface area contributed by atoms with Gasteiger partial charge in [0.1, 0.15) is 17.4 Å². The fourth-order valence-electron chi connectivity index (χ4n) is 2.51. The molecule has 0 saturated carbocycles. The molecule has 1 aliphatic rings. The summed E-state index contributed by atoms with van der Waals surface area (Å²) in [5, 5.41) is 13.2. The molecule has 0 fully saturated rings. The molecule has 2 atom stereocenters. The van der Waals surface area contributed by atoms with Crippen LogP contribution in [0, 0.1) is 0 Å². The van der Waals surface area contributed by atoms with Crippen LogP contribution in [0.3, 0.4) is 0 Å². The summed E-state index contributed by atoms with van der Waals surface area (Å²) in [5.74, 6) is 0.0200. The Labute approximate surface area is 124 Å². The predicted molar refractivity (Wildman–Crippen MR) is 78.5 cm³/mol. The summed E-state index contributed by atoms with van der Waals surface area (Å²) in [5.41, 5.74) is 0.182. The summed E-state index contributed by atoms with van der Waals surface area (Å²) in [6, 6.07) is 5.56. The number of ether oxygens (including phenoxy) is 1. The highest BCUT2D eigenvalue weighted by atomic mass is 35.5. The first-order valence-corrected chi connectivity index (χ1v) is 7.26. The lowest BCUT2D eigenvalue weighted by Gasteiger charge is -2.27. The number of fused-ring (bicyclic) bond motifs is 1. The zero-order chi connectivity index (χ0) is 14.8. The third-order valence-electron chi connectivity index (χ3n) is 3.71. The van der Waals surface area contributed by atoms with Gasteiger partial charge in [-0.2, -0.15) is 0 Å². The van der Waals surface area contributed by atoms with Crippen LogP contribution in [0.25, 0.3) is 0 Å². The molecule has 2 unspecified atom stereocenters. The van der Waals surface area contributed by atoms with Crippen molar-refractivity contribution in [1.82, 2.24) is 5.32 Å². The van der Waals surface area contributed by atoms with Crippen LogP contribution in [-0.2, 0) is 11.2 Å². The predicted octanol–water partition coefficient (Wildman–Crippen LogP) is 2.88. The maximum Gasteiger partial charge on any atom is 0.323 e. The van der Waals surface area contributed by atoms with E-state index in [4.69, 9.17) is 16.3 Å². The van der Waals surface area contributed by atoms with Crippen molar-refractivity contribution in [3.63, 3.8) is 0 Å². The first kappa shape index (κ1) is 15.1. The smallest absolute Gasteiger partial charge is 0.323 e. The normalized spacial score (nSPS) is 20.1. The number of carboxylic acids is 1. The van der Waals surface area contributed by atoms with Crippen molar-refractivity contribution < 1.29 is 14.6 Å². The minimum Gasteiger partial charge on any atom is -0.488 e. The highest BCUT2D eigenvalue weighted by molar-refractivity contribution is 6.30. The molecule has 2 rings (SSSR count). The van der Waals surface area contributed by atoms with E-state index in [9.17, 15) is 9.90 Å². The largest absolute Gasteiger partial charge is 0.488 e. The lowest BCUT2D eigenvalue weighted by molar-refractivity contribution is -0.144. The first-order chi connectivity index (χ1) is 9.44. The summed E-state index contributed by atoms with van der Waals surface area (Å²) >= 11 is 5.95. The SMILES string of the molecule is CCCC(C)(NCC1Cc2cc(Cl)ccc2O1)C(=O)O. The van der Waals surface area contributed by atoms with Gasteiger partial charge in [-0.25, -0.2) is 0 Å². The summed E-state index contributed by atoms with van der Waals surface area (Å²) in [6.45, 7) is 4.21. The monoisotopic (exact) mass is 297 g/mol. The maximum atomic E-state index is 11.4. The summed E-state index contributed by atoms with van der Waals surface area (Å²) in [6.07, 6.45) is 2.12. The number of aliphatic carboxylic acids is 1. The van der Waals surface area contributed by atoms with E-state index in [1.165, 1.54) is 0 Å². The van der Waals surface area contributed by atoms with E-state index in [2.05, 4.69) is 5.32 Å². The Balaban J connectivity index is 1.95. The molecule has 110 valence electrons. The van der Waals surface area contributed by atoms with Gasteiger partial charge in [0.15, 0.2) is 0 Å². The van der Waals surface area contributed by atoms with Gasteiger partial charge in [0.2, 0.25) is 0 Å². The number of hydrogen-bond donors (Lipinski definition) is 2. The van der Waals surface area contributed by atoms with Crippen LogP contribution in [0.4, 0.5) is 0 Å². The Bertz CT molecular complexity index is 506. The fourth-order valence-corrected chi connectivity index (χ4v) is 2.71. The molecule has 0 radical (unpaired) electrons. The van der Waals surface area contributed by atoms with Gasteiger partial charge >= 0.3 is 5.97 Å². The van der Waals surface area contributed by atoms with Gasteiger partial charge in [-0.05, 0) is 37.1 Å².